The lowest BCUT2D eigenvalue weighted by Gasteiger charge is -2.00. The van der Waals surface area contributed by atoms with Crippen molar-refractivity contribution in [1.29, 1.82) is 0 Å². The molecule has 0 atom stereocenters. The summed E-state index contributed by atoms with van der Waals surface area (Å²) < 4.78 is 5.46. The van der Waals surface area contributed by atoms with Crippen LogP contribution in [0, 0.1) is 6.92 Å². The lowest BCUT2D eigenvalue weighted by atomic mass is 10.1. The third kappa shape index (κ3) is 1.61. The van der Waals surface area contributed by atoms with E-state index in [-0.39, 0.29) is 0 Å². The van der Waals surface area contributed by atoms with Crippen LogP contribution in [0.2, 0.25) is 5.02 Å². The molecule has 0 aliphatic heterocycles. The van der Waals surface area contributed by atoms with Gasteiger partial charge in [-0.3, -0.25) is 0 Å². The minimum absolute atomic E-state index is 0.552. The predicted octanol–water partition coefficient (Wildman–Crippen LogP) is 3.49. The van der Waals surface area contributed by atoms with Gasteiger partial charge in [0.15, 0.2) is 0 Å². The van der Waals surface area contributed by atoms with Crippen LogP contribution in [0.3, 0.4) is 0 Å². The number of hydrogen-bond acceptors (Lipinski definition) is 2. The number of rotatable bonds is 1. The van der Waals surface area contributed by atoms with Crippen LogP contribution in [-0.4, -0.2) is 0 Å². The van der Waals surface area contributed by atoms with Crippen LogP contribution in [0.15, 0.2) is 34.7 Å². The molecular formula is C11H10ClNO. The summed E-state index contributed by atoms with van der Waals surface area (Å²) in [5.74, 6) is 1.69. The van der Waals surface area contributed by atoms with Gasteiger partial charge in [0.05, 0.1) is 10.7 Å². The molecule has 0 aliphatic rings. The van der Waals surface area contributed by atoms with Crippen molar-refractivity contribution in [1.82, 2.24) is 0 Å². The fraction of sp³-hybridized carbons (Fsp3) is 0.0909. The van der Waals surface area contributed by atoms with E-state index in [1.807, 2.05) is 25.1 Å². The van der Waals surface area contributed by atoms with E-state index in [9.17, 15) is 0 Å². The molecule has 1 aromatic carbocycles. The summed E-state index contributed by atoms with van der Waals surface area (Å²) in [6.07, 6.45) is 0. The van der Waals surface area contributed by atoms with E-state index in [0.717, 1.165) is 17.1 Å². The molecule has 0 aliphatic carbocycles. The summed E-state index contributed by atoms with van der Waals surface area (Å²) >= 11 is 5.90. The molecule has 0 bridgehead atoms. The van der Waals surface area contributed by atoms with Gasteiger partial charge in [-0.1, -0.05) is 11.6 Å². The molecule has 0 fully saturated rings. The Balaban J connectivity index is 2.47. The summed E-state index contributed by atoms with van der Waals surface area (Å²) in [6.45, 7) is 1.91. The van der Waals surface area contributed by atoms with Crippen molar-refractivity contribution in [2.24, 2.45) is 0 Å². The second-order valence-electron chi connectivity index (χ2n) is 3.15. The molecule has 0 saturated heterocycles. The van der Waals surface area contributed by atoms with Gasteiger partial charge in [-0.15, -0.1) is 0 Å². The van der Waals surface area contributed by atoms with Crippen molar-refractivity contribution in [2.75, 3.05) is 5.73 Å². The van der Waals surface area contributed by atoms with Gasteiger partial charge in [0, 0.05) is 5.56 Å². The van der Waals surface area contributed by atoms with Crippen molar-refractivity contribution in [2.45, 2.75) is 6.92 Å². The van der Waals surface area contributed by atoms with E-state index in [0.29, 0.717) is 10.7 Å². The third-order valence-corrected chi connectivity index (χ3v) is 2.35. The Bertz CT molecular complexity index is 462. The highest BCUT2D eigenvalue weighted by Gasteiger charge is 2.04. The van der Waals surface area contributed by atoms with Crippen molar-refractivity contribution in [3.05, 3.63) is 41.1 Å². The monoisotopic (exact) mass is 207 g/mol. The molecule has 1 aromatic heterocycles. The molecule has 0 unspecified atom stereocenters. The van der Waals surface area contributed by atoms with Crippen LogP contribution in [0.1, 0.15) is 5.76 Å². The number of nitrogen functional groups attached to an aromatic ring is 1. The number of aryl methyl sites for hydroxylation is 1. The van der Waals surface area contributed by atoms with Crippen LogP contribution >= 0.6 is 11.6 Å². The zero-order valence-corrected chi connectivity index (χ0v) is 8.51. The number of anilines is 1. The molecule has 2 N–H and O–H groups in total. The smallest absolute Gasteiger partial charge is 0.134 e. The van der Waals surface area contributed by atoms with Gasteiger partial charge in [-0.2, -0.15) is 0 Å². The van der Waals surface area contributed by atoms with Crippen molar-refractivity contribution >= 4 is 17.3 Å². The van der Waals surface area contributed by atoms with E-state index in [4.69, 9.17) is 21.8 Å². The van der Waals surface area contributed by atoms with Crippen LogP contribution < -0.4 is 5.73 Å². The second-order valence-corrected chi connectivity index (χ2v) is 3.55. The third-order valence-electron chi connectivity index (χ3n) is 2.03. The molecule has 2 rings (SSSR count). The quantitative estimate of drug-likeness (QED) is 0.727. The highest BCUT2D eigenvalue weighted by atomic mass is 35.5. The first-order valence-electron chi connectivity index (χ1n) is 4.28. The molecule has 0 radical (unpaired) electrons. The molecule has 3 heteroatoms. The Morgan fingerprint density at radius 1 is 1.21 bits per heavy atom. The van der Waals surface area contributed by atoms with Crippen LogP contribution in [0.25, 0.3) is 11.3 Å². The summed E-state index contributed by atoms with van der Waals surface area (Å²) in [4.78, 5) is 0. The van der Waals surface area contributed by atoms with Gasteiger partial charge in [-0.25, -0.2) is 0 Å². The van der Waals surface area contributed by atoms with E-state index in [1.165, 1.54) is 0 Å². The number of hydrogen-bond donors (Lipinski definition) is 1. The van der Waals surface area contributed by atoms with Gasteiger partial charge in [0.25, 0.3) is 0 Å². The molecule has 2 nitrogen and oxygen atoms in total. The highest BCUT2D eigenvalue weighted by molar-refractivity contribution is 6.33. The Morgan fingerprint density at radius 3 is 2.57 bits per heavy atom. The number of furan rings is 1. The summed E-state index contributed by atoms with van der Waals surface area (Å²) in [6, 6.07) is 9.29. The highest BCUT2D eigenvalue weighted by Crippen LogP contribution is 2.27. The van der Waals surface area contributed by atoms with Crippen molar-refractivity contribution in [3.8, 4) is 11.3 Å². The number of benzene rings is 1. The normalized spacial score (nSPS) is 10.4. The molecule has 14 heavy (non-hydrogen) atoms. The first-order chi connectivity index (χ1) is 6.66. The Morgan fingerprint density at radius 2 is 2.00 bits per heavy atom. The molecule has 72 valence electrons. The molecular weight excluding hydrogens is 198 g/mol. The Hall–Kier alpha value is -1.41. The molecule has 2 aromatic rings. The van der Waals surface area contributed by atoms with Gasteiger partial charge < -0.3 is 10.2 Å². The van der Waals surface area contributed by atoms with Gasteiger partial charge in [-0.05, 0) is 37.3 Å². The number of nitrogens with two attached hydrogens (primary N) is 1. The van der Waals surface area contributed by atoms with Crippen molar-refractivity contribution in [3.63, 3.8) is 0 Å². The summed E-state index contributed by atoms with van der Waals surface area (Å²) in [5, 5.41) is 0.552. The van der Waals surface area contributed by atoms with Gasteiger partial charge >= 0.3 is 0 Å². The first-order valence-corrected chi connectivity index (χ1v) is 4.66. The van der Waals surface area contributed by atoms with Gasteiger partial charge in [0.2, 0.25) is 0 Å². The van der Waals surface area contributed by atoms with E-state index >= 15 is 0 Å². The second kappa shape index (κ2) is 3.39. The maximum Gasteiger partial charge on any atom is 0.134 e. The largest absolute Gasteiger partial charge is 0.461 e. The number of halogens is 1. The topological polar surface area (TPSA) is 39.2 Å². The first kappa shape index (κ1) is 9.16. The molecule has 0 amide bonds. The SMILES string of the molecule is Cc1ccc(-c2ccc(N)c(Cl)c2)o1. The fourth-order valence-electron chi connectivity index (χ4n) is 1.27. The lowest BCUT2D eigenvalue weighted by Crippen LogP contribution is -1.85. The lowest BCUT2D eigenvalue weighted by molar-refractivity contribution is 0.548. The van der Waals surface area contributed by atoms with Crippen LogP contribution in [-0.2, 0) is 0 Å². The average molecular weight is 208 g/mol. The minimum Gasteiger partial charge on any atom is -0.461 e. The van der Waals surface area contributed by atoms with Gasteiger partial charge in [0.1, 0.15) is 11.5 Å². The predicted molar refractivity (Wildman–Crippen MR) is 58.3 cm³/mol. The van der Waals surface area contributed by atoms with Crippen molar-refractivity contribution < 1.29 is 4.42 Å². The van der Waals surface area contributed by atoms with E-state index in [2.05, 4.69) is 0 Å². The van der Waals surface area contributed by atoms with Crippen LogP contribution in [0.5, 0.6) is 0 Å². The maximum atomic E-state index is 5.90. The zero-order chi connectivity index (χ0) is 10.1. The average Bonchev–Trinajstić information content (AvgIpc) is 2.57. The minimum atomic E-state index is 0.552. The maximum absolute atomic E-state index is 5.90. The standard InChI is InChI=1S/C11H10ClNO/c1-7-2-5-11(14-7)8-3-4-10(13)9(12)6-8/h2-6H,13H2,1H3. The fourth-order valence-corrected chi connectivity index (χ4v) is 1.45. The summed E-state index contributed by atoms with van der Waals surface area (Å²) in [5.41, 5.74) is 7.13. The van der Waals surface area contributed by atoms with E-state index in [1.54, 1.807) is 12.1 Å². The summed E-state index contributed by atoms with van der Waals surface area (Å²) in [7, 11) is 0. The zero-order valence-electron chi connectivity index (χ0n) is 7.75. The van der Waals surface area contributed by atoms with E-state index < -0.39 is 0 Å². The molecule has 1 heterocycles. The molecule has 0 saturated carbocycles. The Kier molecular flexibility index (Phi) is 2.22. The van der Waals surface area contributed by atoms with Crippen LogP contribution in [0.4, 0.5) is 5.69 Å². The Labute approximate surface area is 87.3 Å². The molecule has 0 spiro atoms.